The van der Waals surface area contributed by atoms with E-state index in [2.05, 4.69) is 20.8 Å². The van der Waals surface area contributed by atoms with Crippen LogP contribution in [0, 0.1) is 17.3 Å². The van der Waals surface area contributed by atoms with E-state index in [1.807, 2.05) is 18.7 Å². The minimum atomic E-state index is -0.0273. The first-order valence-corrected chi connectivity index (χ1v) is 7.16. The van der Waals surface area contributed by atoms with Gasteiger partial charge in [0.25, 0.3) is 0 Å². The van der Waals surface area contributed by atoms with Crippen LogP contribution in [-0.2, 0) is 4.79 Å². The van der Waals surface area contributed by atoms with Crippen LogP contribution in [0.15, 0.2) is 0 Å². The van der Waals surface area contributed by atoms with Crippen LogP contribution >= 0.6 is 0 Å². The Balaban J connectivity index is 2.74. The third-order valence-electron chi connectivity index (χ3n) is 3.43. The van der Waals surface area contributed by atoms with Crippen LogP contribution in [0.1, 0.15) is 53.9 Å². The fourth-order valence-corrected chi connectivity index (χ4v) is 2.31. The van der Waals surface area contributed by atoms with E-state index in [9.17, 15) is 9.90 Å². The van der Waals surface area contributed by atoms with E-state index in [4.69, 9.17) is 0 Å². The molecule has 1 saturated carbocycles. The van der Waals surface area contributed by atoms with Crippen LogP contribution in [0.3, 0.4) is 0 Å². The van der Waals surface area contributed by atoms with Crippen LogP contribution in [-0.4, -0.2) is 35.1 Å². The van der Waals surface area contributed by atoms with E-state index in [0.29, 0.717) is 5.92 Å². The second-order valence-corrected chi connectivity index (χ2v) is 7.19. The molecule has 1 rings (SSSR count). The van der Waals surface area contributed by atoms with Gasteiger partial charge in [0.2, 0.25) is 5.91 Å². The van der Waals surface area contributed by atoms with Gasteiger partial charge >= 0.3 is 0 Å². The molecule has 1 amide bonds. The van der Waals surface area contributed by atoms with E-state index in [-0.39, 0.29) is 29.9 Å². The Morgan fingerprint density at radius 2 is 1.89 bits per heavy atom. The van der Waals surface area contributed by atoms with Gasteiger partial charge < -0.3 is 10.0 Å². The van der Waals surface area contributed by atoms with Crippen molar-refractivity contribution in [3.63, 3.8) is 0 Å². The minimum Gasteiger partial charge on any atom is -0.394 e. The molecule has 0 aliphatic heterocycles. The lowest BCUT2D eigenvalue weighted by Crippen LogP contribution is -2.47. The molecular formula is C15H29NO2. The largest absolute Gasteiger partial charge is 0.394 e. The number of carbonyl (C=O) groups is 1. The highest BCUT2D eigenvalue weighted by molar-refractivity contribution is 5.78. The summed E-state index contributed by atoms with van der Waals surface area (Å²) in [5, 5.41) is 9.63. The Hall–Kier alpha value is -0.570. The summed E-state index contributed by atoms with van der Waals surface area (Å²) < 4.78 is 0. The number of amides is 1. The number of aliphatic hydroxyl groups is 1. The molecule has 0 aromatic carbocycles. The van der Waals surface area contributed by atoms with E-state index in [0.717, 1.165) is 13.0 Å². The third-order valence-corrected chi connectivity index (χ3v) is 3.43. The quantitative estimate of drug-likeness (QED) is 0.792. The summed E-state index contributed by atoms with van der Waals surface area (Å²) in [6, 6.07) is -0.0273. The molecular weight excluding hydrogens is 226 g/mol. The smallest absolute Gasteiger partial charge is 0.225 e. The number of nitrogens with zero attached hydrogens (tertiary/aromatic N) is 1. The number of hydrogen-bond acceptors (Lipinski definition) is 2. The Kier molecular flexibility index (Phi) is 5.20. The maximum atomic E-state index is 12.3. The highest BCUT2D eigenvalue weighted by atomic mass is 16.3. The topological polar surface area (TPSA) is 40.5 Å². The van der Waals surface area contributed by atoms with Crippen molar-refractivity contribution in [2.24, 2.45) is 17.3 Å². The Bertz CT molecular complexity index is 277. The Morgan fingerprint density at radius 1 is 1.33 bits per heavy atom. The van der Waals surface area contributed by atoms with Gasteiger partial charge in [0, 0.05) is 12.5 Å². The SMILES string of the molecule is CC(C)C(=O)N(CC1CC1)[C@@H](CO)CC(C)(C)C. The van der Waals surface area contributed by atoms with Gasteiger partial charge in [0.15, 0.2) is 0 Å². The van der Waals surface area contributed by atoms with Crippen molar-refractivity contribution in [2.75, 3.05) is 13.2 Å². The van der Waals surface area contributed by atoms with E-state index >= 15 is 0 Å². The zero-order valence-electron chi connectivity index (χ0n) is 12.6. The number of carbonyl (C=O) groups excluding carboxylic acids is 1. The fraction of sp³-hybridized carbons (Fsp3) is 0.933. The third kappa shape index (κ3) is 4.97. The molecule has 0 aromatic heterocycles. The van der Waals surface area contributed by atoms with Crippen molar-refractivity contribution < 1.29 is 9.90 Å². The standard InChI is InChI=1S/C15H29NO2/c1-11(2)14(18)16(9-12-6-7-12)13(10-17)8-15(3,4)5/h11-13,17H,6-10H2,1-5H3/t13-/m1/s1. The summed E-state index contributed by atoms with van der Waals surface area (Å²) in [4.78, 5) is 14.2. The molecule has 3 nitrogen and oxygen atoms in total. The first-order chi connectivity index (χ1) is 8.24. The monoisotopic (exact) mass is 255 g/mol. The van der Waals surface area contributed by atoms with Gasteiger partial charge in [-0.3, -0.25) is 4.79 Å². The second kappa shape index (κ2) is 6.05. The number of rotatable bonds is 6. The maximum Gasteiger partial charge on any atom is 0.225 e. The molecule has 0 bridgehead atoms. The summed E-state index contributed by atoms with van der Waals surface area (Å²) in [6.07, 6.45) is 3.32. The predicted octanol–water partition coefficient (Wildman–Crippen LogP) is 2.68. The predicted molar refractivity (Wildman–Crippen MR) is 74.2 cm³/mol. The van der Waals surface area contributed by atoms with Crippen molar-refractivity contribution in [3.05, 3.63) is 0 Å². The van der Waals surface area contributed by atoms with Gasteiger partial charge in [-0.05, 0) is 30.6 Å². The van der Waals surface area contributed by atoms with Crippen molar-refractivity contribution in [3.8, 4) is 0 Å². The maximum absolute atomic E-state index is 12.3. The van der Waals surface area contributed by atoms with Crippen molar-refractivity contribution >= 4 is 5.91 Å². The molecule has 1 aliphatic rings. The lowest BCUT2D eigenvalue weighted by Gasteiger charge is -2.36. The molecule has 0 heterocycles. The molecule has 0 saturated heterocycles. The molecule has 0 unspecified atom stereocenters. The van der Waals surface area contributed by atoms with Gasteiger partial charge in [0.1, 0.15) is 0 Å². The summed E-state index contributed by atoms with van der Waals surface area (Å²) in [6.45, 7) is 11.3. The molecule has 0 aromatic rings. The van der Waals surface area contributed by atoms with Gasteiger partial charge in [-0.25, -0.2) is 0 Å². The molecule has 0 spiro atoms. The van der Waals surface area contributed by atoms with Crippen molar-refractivity contribution in [2.45, 2.75) is 59.9 Å². The first kappa shape index (κ1) is 15.5. The van der Waals surface area contributed by atoms with Gasteiger partial charge in [0.05, 0.1) is 12.6 Å². The van der Waals surface area contributed by atoms with Crippen LogP contribution < -0.4 is 0 Å². The molecule has 1 atom stereocenters. The van der Waals surface area contributed by atoms with Crippen LogP contribution in [0.2, 0.25) is 0 Å². The normalized spacial score (nSPS) is 17.9. The average molecular weight is 255 g/mol. The van der Waals surface area contributed by atoms with E-state index in [1.165, 1.54) is 12.8 Å². The summed E-state index contributed by atoms with van der Waals surface area (Å²) >= 11 is 0. The van der Waals surface area contributed by atoms with Gasteiger partial charge in [-0.1, -0.05) is 34.6 Å². The second-order valence-electron chi connectivity index (χ2n) is 7.19. The molecule has 3 heteroatoms. The molecule has 1 aliphatic carbocycles. The molecule has 106 valence electrons. The zero-order valence-corrected chi connectivity index (χ0v) is 12.6. The van der Waals surface area contributed by atoms with E-state index in [1.54, 1.807) is 0 Å². The minimum absolute atomic E-state index is 0.0118. The Labute approximate surface area is 112 Å². The van der Waals surface area contributed by atoms with Gasteiger partial charge in [-0.2, -0.15) is 0 Å². The van der Waals surface area contributed by atoms with Crippen LogP contribution in [0.25, 0.3) is 0 Å². The molecule has 0 radical (unpaired) electrons. The lowest BCUT2D eigenvalue weighted by atomic mass is 9.87. The summed E-state index contributed by atoms with van der Waals surface area (Å²) in [5.74, 6) is 0.865. The summed E-state index contributed by atoms with van der Waals surface area (Å²) in [5.41, 5.74) is 0.131. The Morgan fingerprint density at radius 3 is 2.22 bits per heavy atom. The number of aliphatic hydroxyl groups excluding tert-OH is 1. The van der Waals surface area contributed by atoms with Gasteiger partial charge in [-0.15, -0.1) is 0 Å². The molecule has 18 heavy (non-hydrogen) atoms. The highest BCUT2D eigenvalue weighted by Gasteiger charge is 2.33. The zero-order chi connectivity index (χ0) is 13.9. The number of hydrogen-bond donors (Lipinski definition) is 1. The average Bonchev–Trinajstić information content (AvgIpc) is 3.04. The fourth-order valence-electron chi connectivity index (χ4n) is 2.31. The van der Waals surface area contributed by atoms with Crippen LogP contribution in [0.4, 0.5) is 0 Å². The first-order valence-electron chi connectivity index (χ1n) is 7.16. The van der Waals surface area contributed by atoms with E-state index < -0.39 is 0 Å². The molecule has 1 N–H and O–H groups in total. The summed E-state index contributed by atoms with van der Waals surface area (Å²) in [7, 11) is 0. The lowest BCUT2D eigenvalue weighted by molar-refractivity contribution is -0.138. The van der Waals surface area contributed by atoms with Crippen molar-refractivity contribution in [1.82, 2.24) is 4.90 Å². The van der Waals surface area contributed by atoms with Crippen LogP contribution in [0.5, 0.6) is 0 Å². The highest BCUT2D eigenvalue weighted by Crippen LogP contribution is 2.32. The van der Waals surface area contributed by atoms with Crippen molar-refractivity contribution in [1.29, 1.82) is 0 Å². The molecule has 1 fully saturated rings.